The van der Waals surface area contributed by atoms with Crippen molar-refractivity contribution >= 4 is 5.96 Å². The summed E-state index contributed by atoms with van der Waals surface area (Å²) < 4.78 is 66.8. The molecule has 2 rings (SSSR count). The summed E-state index contributed by atoms with van der Waals surface area (Å²) in [6, 6.07) is -0.0206. The molecule has 0 aliphatic carbocycles. The molecule has 1 aromatic heterocycles. The zero-order valence-corrected chi connectivity index (χ0v) is 17.1. The van der Waals surface area contributed by atoms with Gasteiger partial charge in [0.2, 0.25) is 5.60 Å². The van der Waals surface area contributed by atoms with Crippen molar-refractivity contribution in [2.75, 3.05) is 32.7 Å². The molecule has 0 saturated carbocycles. The van der Waals surface area contributed by atoms with Crippen molar-refractivity contribution in [2.45, 2.75) is 50.4 Å². The third-order valence-corrected chi connectivity index (χ3v) is 5.07. The maximum absolute atomic E-state index is 13.6. The second-order valence-electron chi connectivity index (χ2n) is 7.34. The summed E-state index contributed by atoms with van der Waals surface area (Å²) in [6.07, 6.45) is -4.20. The number of likely N-dealkylation sites (tertiary alicyclic amines) is 1. The summed E-state index contributed by atoms with van der Waals surface area (Å²) >= 11 is 0. The number of halogens is 5. The molecule has 0 bridgehead atoms. The highest BCUT2D eigenvalue weighted by molar-refractivity contribution is 5.80. The van der Waals surface area contributed by atoms with Crippen molar-refractivity contribution < 1.29 is 27.1 Å². The Morgan fingerprint density at radius 1 is 1.33 bits per heavy atom. The van der Waals surface area contributed by atoms with Gasteiger partial charge >= 0.3 is 6.18 Å². The first-order chi connectivity index (χ1) is 14.1. The van der Waals surface area contributed by atoms with Crippen molar-refractivity contribution in [1.82, 2.24) is 25.1 Å². The Balaban J connectivity index is 1.99. The smallest absolute Gasteiger partial charge is 0.374 e. The van der Waals surface area contributed by atoms with Crippen LogP contribution in [-0.4, -0.2) is 76.9 Å². The highest BCUT2D eigenvalue weighted by atomic mass is 19.4. The van der Waals surface area contributed by atoms with Crippen LogP contribution in [0.1, 0.15) is 32.0 Å². The monoisotopic (exact) mass is 440 g/mol. The number of aryl methyl sites for hydroxylation is 1. The van der Waals surface area contributed by atoms with E-state index < -0.39 is 30.4 Å². The first-order valence-electron chi connectivity index (χ1n) is 9.89. The maximum Gasteiger partial charge on any atom is 0.424 e. The predicted octanol–water partition coefficient (Wildman–Crippen LogP) is 1.84. The lowest BCUT2D eigenvalue weighted by atomic mass is 9.98. The van der Waals surface area contributed by atoms with Crippen LogP contribution in [0, 0.1) is 0 Å². The molecular formula is C18H29F5N6O. The van der Waals surface area contributed by atoms with E-state index in [2.05, 4.69) is 20.6 Å². The lowest BCUT2D eigenvalue weighted by Gasteiger charge is -2.33. The molecule has 12 heteroatoms. The molecule has 0 radical (unpaired) electrons. The van der Waals surface area contributed by atoms with Crippen LogP contribution in [0.3, 0.4) is 0 Å². The summed E-state index contributed by atoms with van der Waals surface area (Å²) in [5, 5.41) is 16.5. The quantitative estimate of drug-likeness (QED) is 0.327. The van der Waals surface area contributed by atoms with Gasteiger partial charge in [-0.25, -0.2) is 13.8 Å². The topological polar surface area (TPSA) is 77.7 Å². The lowest BCUT2D eigenvalue weighted by molar-refractivity contribution is -0.272. The largest absolute Gasteiger partial charge is 0.424 e. The minimum Gasteiger partial charge on any atom is -0.374 e. The zero-order valence-electron chi connectivity index (χ0n) is 17.1. The number of aromatic nitrogens is 2. The van der Waals surface area contributed by atoms with E-state index >= 15 is 0 Å². The molecule has 1 unspecified atom stereocenters. The Hall–Kier alpha value is -1.95. The van der Waals surface area contributed by atoms with E-state index in [9.17, 15) is 27.1 Å². The fraction of sp³-hybridized carbons (Fsp3) is 0.778. The summed E-state index contributed by atoms with van der Waals surface area (Å²) in [5.74, 6) is -0.163. The number of nitrogens with one attached hydrogen (secondary N) is 2. The van der Waals surface area contributed by atoms with Crippen LogP contribution in [0.5, 0.6) is 0 Å². The SMILES string of the molecule is CCNC(=NCCC(O)(c1nccn1C)C(F)(F)F)NC1CCN(CC(F)F)CC1. The van der Waals surface area contributed by atoms with E-state index in [1.54, 1.807) is 4.90 Å². The van der Waals surface area contributed by atoms with Gasteiger partial charge in [0.1, 0.15) is 5.82 Å². The number of guanidine groups is 1. The van der Waals surface area contributed by atoms with Gasteiger partial charge in [-0.2, -0.15) is 13.2 Å². The standard InChI is InChI=1S/C18H29F5N6O/c1-3-24-16(27-13-4-9-29(10-5-13)12-14(19)20)26-7-6-17(30,18(21,22)23)15-25-8-11-28(15)2/h8,11,13-14,30H,3-7,9-10,12H2,1-2H3,(H2,24,26,27). The van der Waals surface area contributed by atoms with Gasteiger partial charge in [0.05, 0.1) is 6.54 Å². The Bertz CT molecular complexity index is 687. The number of aliphatic imine (C=N–C) groups is 1. The van der Waals surface area contributed by atoms with Crippen molar-refractivity contribution in [2.24, 2.45) is 12.0 Å². The molecule has 1 aliphatic rings. The number of imidazole rings is 1. The normalized spacial score (nSPS) is 19.2. The second kappa shape index (κ2) is 10.4. The molecule has 1 aliphatic heterocycles. The second-order valence-corrected chi connectivity index (χ2v) is 7.34. The first kappa shape index (κ1) is 24.3. The Labute approximate surface area is 172 Å². The minimum absolute atomic E-state index is 0.0206. The molecule has 2 heterocycles. The molecule has 7 nitrogen and oxygen atoms in total. The van der Waals surface area contributed by atoms with E-state index in [1.807, 2.05) is 6.92 Å². The van der Waals surface area contributed by atoms with Crippen LogP contribution in [0.2, 0.25) is 0 Å². The van der Waals surface area contributed by atoms with Gasteiger partial charge in [-0.1, -0.05) is 0 Å². The number of alkyl halides is 5. The molecule has 30 heavy (non-hydrogen) atoms. The lowest BCUT2D eigenvalue weighted by Crippen LogP contribution is -2.49. The Morgan fingerprint density at radius 3 is 2.50 bits per heavy atom. The van der Waals surface area contributed by atoms with Crippen LogP contribution in [0.25, 0.3) is 0 Å². The molecule has 1 saturated heterocycles. The van der Waals surface area contributed by atoms with Gasteiger partial charge in [-0.05, 0) is 19.8 Å². The van der Waals surface area contributed by atoms with Crippen LogP contribution < -0.4 is 10.6 Å². The molecule has 1 aromatic rings. The minimum atomic E-state index is -4.91. The van der Waals surface area contributed by atoms with Gasteiger partial charge in [0, 0.05) is 58.1 Å². The summed E-state index contributed by atoms with van der Waals surface area (Å²) in [5.41, 5.74) is -3.12. The number of hydrogen-bond donors (Lipinski definition) is 3. The molecule has 0 amide bonds. The van der Waals surface area contributed by atoms with Crippen LogP contribution in [0.4, 0.5) is 22.0 Å². The van der Waals surface area contributed by atoms with Crippen LogP contribution >= 0.6 is 0 Å². The highest BCUT2D eigenvalue weighted by Gasteiger charge is 2.57. The van der Waals surface area contributed by atoms with E-state index in [0.717, 1.165) is 4.57 Å². The van der Waals surface area contributed by atoms with Crippen molar-refractivity contribution in [1.29, 1.82) is 0 Å². The fourth-order valence-corrected chi connectivity index (χ4v) is 3.44. The van der Waals surface area contributed by atoms with Crippen molar-refractivity contribution in [3.63, 3.8) is 0 Å². The summed E-state index contributed by atoms with van der Waals surface area (Å²) in [4.78, 5) is 9.53. The molecule has 1 fully saturated rings. The van der Waals surface area contributed by atoms with Gasteiger partial charge in [-0.15, -0.1) is 0 Å². The fourth-order valence-electron chi connectivity index (χ4n) is 3.44. The van der Waals surface area contributed by atoms with Crippen molar-refractivity contribution in [3.8, 4) is 0 Å². The summed E-state index contributed by atoms with van der Waals surface area (Å²) in [7, 11) is 1.38. The zero-order chi connectivity index (χ0) is 22.4. The summed E-state index contributed by atoms with van der Waals surface area (Å²) in [6.45, 7) is 2.79. The third kappa shape index (κ3) is 6.27. The van der Waals surface area contributed by atoms with E-state index in [4.69, 9.17) is 0 Å². The van der Waals surface area contributed by atoms with Crippen LogP contribution in [0.15, 0.2) is 17.4 Å². The Kier molecular flexibility index (Phi) is 8.42. The molecule has 0 spiro atoms. The average molecular weight is 440 g/mol. The highest BCUT2D eigenvalue weighted by Crippen LogP contribution is 2.40. The third-order valence-electron chi connectivity index (χ3n) is 5.07. The number of rotatable bonds is 8. The van der Waals surface area contributed by atoms with Crippen molar-refractivity contribution in [3.05, 3.63) is 18.2 Å². The van der Waals surface area contributed by atoms with E-state index in [0.29, 0.717) is 38.4 Å². The van der Waals surface area contributed by atoms with Gasteiger partial charge in [0.25, 0.3) is 6.43 Å². The van der Waals surface area contributed by atoms with E-state index in [1.165, 1.54) is 19.4 Å². The van der Waals surface area contributed by atoms with E-state index in [-0.39, 0.29) is 19.1 Å². The van der Waals surface area contributed by atoms with Gasteiger partial charge < -0.3 is 20.3 Å². The van der Waals surface area contributed by atoms with Crippen LogP contribution in [-0.2, 0) is 12.6 Å². The Morgan fingerprint density at radius 2 is 2.00 bits per heavy atom. The number of nitrogens with zero attached hydrogens (tertiary/aromatic N) is 4. The maximum atomic E-state index is 13.6. The van der Waals surface area contributed by atoms with Gasteiger partial charge in [0.15, 0.2) is 5.96 Å². The first-order valence-corrected chi connectivity index (χ1v) is 9.89. The average Bonchev–Trinajstić information content (AvgIpc) is 3.08. The molecule has 172 valence electrons. The van der Waals surface area contributed by atoms with Gasteiger partial charge in [-0.3, -0.25) is 9.89 Å². The number of piperidine rings is 1. The molecule has 1 atom stereocenters. The molecule has 3 N–H and O–H groups in total. The number of aliphatic hydroxyl groups is 1. The number of hydrogen-bond acceptors (Lipinski definition) is 4. The molecule has 0 aromatic carbocycles. The molecular weight excluding hydrogens is 411 g/mol. The predicted molar refractivity (Wildman–Crippen MR) is 102 cm³/mol.